The number of nitrogens with one attached hydrogen (secondary N) is 1. The van der Waals surface area contributed by atoms with E-state index in [0.717, 1.165) is 23.7 Å². The van der Waals surface area contributed by atoms with Gasteiger partial charge < -0.3 is 9.64 Å². The lowest BCUT2D eigenvalue weighted by Crippen LogP contribution is -2.30. The molecule has 0 bridgehead atoms. The first kappa shape index (κ1) is 12.9. The fourth-order valence-electron chi connectivity index (χ4n) is 2.69. The minimum Gasteiger partial charge on any atom is -0.496 e. The number of nitrogens with zero attached hydrogens (tertiary/aromatic N) is 1. The van der Waals surface area contributed by atoms with Crippen LogP contribution in [0.3, 0.4) is 0 Å². The third-order valence-corrected chi connectivity index (χ3v) is 3.75. The average molecular weight is 246 g/mol. The molecule has 2 rings (SSSR count). The van der Waals surface area contributed by atoms with Gasteiger partial charge in [-0.05, 0) is 18.9 Å². The van der Waals surface area contributed by atoms with E-state index in [4.69, 9.17) is 10.1 Å². The molecule has 0 saturated heterocycles. The first-order valence-corrected chi connectivity index (χ1v) is 6.64. The van der Waals surface area contributed by atoms with Crippen molar-refractivity contribution in [1.82, 2.24) is 4.90 Å². The molecule has 1 aromatic rings. The second-order valence-electron chi connectivity index (χ2n) is 5.03. The van der Waals surface area contributed by atoms with Crippen LogP contribution in [-0.4, -0.2) is 24.9 Å². The van der Waals surface area contributed by atoms with E-state index in [2.05, 4.69) is 6.07 Å². The first-order chi connectivity index (χ1) is 8.72. The lowest BCUT2D eigenvalue weighted by atomic mass is 10.1. The number of rotatable bonds is 4. The van der Waals surface area contributed by atoms with Crippen molar-refractivity contribution >= 4 is 5.84 Å². The van der Waals surface area contributed by atoms with Crippen LogP contribution < -0.4 is 4.74 Å². The maximum absolute atomic E-state index is 8.25. The third-order valence-electron chi connectivity index (χ3n) is 3.75. The van der Waals surface area contributed by atoms with Crippen LogP contribution in [0.25, 0.3) is 0 Å². The minimum atomic E-state index is 0.463. The zero-order valence-electron chi connectivity index (χ0n) is 11.3. The SMILES string of the molecule is COc1ccccc1CN(C)C(=N)C1CCCC1. The van der Waals surface area contributed by atoms with Gasteiger partial charge in [-0.1, -0.05) is 31.0 Å². The quantitative estimate of drug-likeness (QED) is 0.653. The van der Waals surface area contributed by atoms with Crippen molar-refractivity contribution in [2.24, 2.45) is 5.92 Å². The highest BCUT2D eigenvalue weighted by Crippen LogP contribution is 2.27. The Hall–Kier alpha value is -1.51. The van der Waals surface area contributed by atoms with Crippen LogP contribution in [0, 0.1) is 11.3 Å². The van der Waals surface area contributed by atoms with Crippen molar-refractivity contribution in [1.29, 1.82) is 5.41 Å². The molecule has 0 spiro atoms. The second-order valence-corrected chi connectivity index (χ2v) is 5.03. The van der Waals surface area contributed by atoms with Crippen LogP contribution in [0.1, 0.15) is 31.2 Å². The molecule has 1 aromatic carbocycles. The number of para-hydroxylation sites is 1. The fourth-order valence-corrected chi connectivity index (χ4v) is 2.69. The van der Waals surface area contributed by atoms with Gasteiger partial charge in [0.05, 0.1) is 12.9 Å². The molecule has 0 heterocycles. The third kappa shape index (κ3) is 2.84. The zero-order valence-corrected chi connectivity index (χ0v) is 11.3. The van der Waals surface area contributed by atoms with E-state index in [9.17, 15) is 0 Å². The predicted octanol–water partition coefficient (Wildman–Crippen LogP) is 3.29. The molecular weight excluding hydrogens is 224 g/mol. The van der Waals surface area contributed by atoms with Gasteiger partial charge in [0.15, 0.2) is 0 Å². The van der Waals surface area contributed by atoms with Gasteiger partial charge in [0.1, 0.15) is 5.75 Å². The molecule has 1 N–H and O–H groups in total. The van der Waals surface area contributed by atoms with Crippen LogP contribution in [0.15, 0.2) is 24.3 Å². The first-order valence-electron chi connectivity index (χ1n) is 6.64. The molecule has 98 valence electrons. The summed E-state index contributed by atoms with van der Waals surface area (Å²) in [4.78, 5) is 2.05. The molecule has 1 aliphatic carbocycles. The molecule has 0 amide bonds. The summed E-state index contributed by atoms with van der Waals surface area (Å²) in [5.41, 5.74) is 1.14. The minimum absolute atomic E-state index is 0.463. The van der Waals surface area contributed by atoms with Gasteiger partial charge in [-0.3, -0.25) is 5.41 Å². The molecule has 0 aromatic heterocycles. The van der Waals surface area contributed by atoms with E-state index in [-0.39, 0.29) is 0 Å². The van der Waals surface area contributed by atoms with Crippen molar-refractivity contribution in [2.75, 3.05) is 14.2 Å². The highest BCUT2D eigenvalue weighted by atomic mass is 16.5. The van der Waals surface area contributed by atoms with Gasteiger partial charge >= 0.3 is 0 Å². The predicted molar refractivity (Wildman–Crippen MR) is 74.1 cm³/mol. The average Bonchev–Trinajstić information content (AvgIpc) is 2.92. The van der Waals surface area contributed by atoms with Crippen LogP contribution in [0.5, 0.6) is 5.75 Å². The standard InChI is InChI=1S/C15H22N2O/c1-17(15(16)12-7-3-4-8-12)11-13-9-5-6-10-14(13)18-2/h5-6,9-10,12,16H,3-4,7-8,11H2,1-2H3. The van der Waals surface area contributed by atoms with Crippen LogP contribution in [0.4, 0.5) is 0 Å². The molecule has 1 saturated carbocycles. The van der Waals surface area contributed by atoms with E-state index in [1.807, 2.05) is 30.1 Å². The van der Waals surface area contributed by atoms with Crippen molar-refractivity contribution in [2.45, 2.75) is 32.2 Å². The summed E-state index contributed by atoms with van der Waals surface area (Å²) in [6.45, 7) is 0.749. The van der Waals surface area contributed by atoms with E-state index in [0.29, 0.717) is 5.92 Å². The Bertz CT molecular complexity index is 411. The van der Waals surface area contributed by atoms with E-state index >= 15 is 0 Å². The lowest BCUT2D eigenvalue weighted by Gasteiger charge is -2.24. The Kier molecular flexibility index (Phi) is 4.24. The Morgan fingerprint density at radius 2 is 2.00 bits per heavy atom. The fraction of sp³-hybridized carbons (Fsp3) is 0.533. The highest BCUT2D eigenvalue weighted by molar-refractivity contribution is 5.81. The summed E-state index contributed by atoms with van der Waals surface area (Å²) in [6, 6.07) is 8.04. The highest BCUT2D eigenvalue weighted by Gasteiger charge is 2.22. The summed E-state index contributed by atoms with van der Waals surface area (Å²) in [5.74, 6) is 2.15. The summed E-state index contributed by atoms with van der Waals surface area (Å²) < 4.78 is 5.35. The van der Waals surface area contributed by atoms with Gasteiger partial charge in [0, 0.05) is 25.1 Å². The Morgan fingerprint density at radius 3 is 2.67 bits per heavy atom. The van der Waals surface area contributed by atoms with Gasteiger partial charge in [-0.15, -0.1) is 0 Å². The van der Waals surface area contributed by atoms with Crippen LogP contribution in [-0.2, 0) is 6.54 Å². The summed E-state index contributed by atoms with van der Waals surface area (Å²) in [5, 5.41) is 8.25. The molecule has 1 fully saturated rings. The number of hydrogen-bond donors (Lipinski definition) is 1. The molecule has 0 radical (unpaired) electrons. The van der Waals surface area contributed by atoms with Gasteiger partial charge in [0.25, 0.3) is 0 Å². The largest absolute Gasteiger partial charge is 0.496 e. The van der Waals surface area contributed by atoms with Crippen LogP contribution >= 0.6 is 0 Å². The summed E-state index contributed by atoms with van der Waals surface area (Å²) in [6.07, 6.45) is 4.90. The second kappa shape index (κ2) is 5.89. The molecule has 0 aliphatic heterocycles. The maximum atomic E-state index is 8.25. The Morgan fingerprint density at radius 1 is 1.33 bits per heavy atom. The number of ether oxygens (including phenoxy) is 1. The maximum Gasteiger partial charge on any atom is 0.123 e. The number of methoxy groups -OCH3 is 1. The normalized spacial score (nSPS) is 15.7. The number of benzene rings is 1. The van der Waals surface area contributed by atoms with E-state index in [1.54, 1.807) is 7.11 Å². The Balaban J connectivity index is 2.01. The van der Waals surface area contributed by atoms with Gasteiger partial charge in [-0.2, -0.15) is 0 Å². The molecule has 3 nitrogen and oxygen atoms in total. The molecule has 0 unspecified atom stereocenters. The zero-order chi connectivity index (χ0) is 13.0. The summed E-state index contributed by atoms with van der Waals surface area (Å²) >= 11 is 0. The smallest absolute Gasteiger partial charge is 0.123 e. The van der Waals surface area contributed by atoms with E-state index in [1.165, 1.54) is 25.7 Å². The van der Waals surface area contributed by atoms with Crippen molar-refractivity contribution in [3.63, 3.8) is 0 Å². The van der Waals surface area contributed by atoms with Crippen molar-refractivity contribution in [3.05, 3.63) is 29.8 Å². The molecule has 3 heteroatoms. The molecule has 18 heavy (non-hydrogen) atoms. The van der Waals surface area contributed by atoms with Crippen molar-refractivity contribution < 1.29 is 4.74 Å². The topological polar surface area (TPSA) is 36.3 Å². The van der Waals surface area contributed by atoms with Gasteiger partial charge in [0.2, 0.25) is 0 Å². The molecular formula is C15H22N2O. The van der Waals surface area contributed by atoms with E-state index < -0.39 is 0 Å². The van der Waals surface area contributed by atoms with Gasteiger partial charge in [-0.25, -0.2) is 0 Å². The molecule has 0 atom stereocenters. The van der Waals surface area contributed by atoms with Crippen LogP contribution in [0.2, 0.25) is 0 Å². The lowest BCUT2D eigenvalue weighted by molar-refractivity contribution is 0.393. The Labute approximate surface area is 109 Å². The number of hydrogen-bond acceptors (Lipinski definition) is 2. The monoisotopic (exact) mass is 246 g/mol. The molecule has 1 aliphatic rings. The summed E-state index contributed by atoms with van der Waals surface area (Å²) in [7, 11) is 3.70. The number of amidine groups is 1. The van der Waals surface area contributed by atoms with Crippen molar-refractivity contribution in [3.8, 4) is 5.75 Å².